The SMILES string of the molecule is COc1cc(/C=C(\Cl)c2nc(-c3cccc(Cl)c3)no2)ccc1O. The first-order valence-electron chi connectivity index (χ1n) is 6.91. The third-order valence-electron chi connectivity index (χ3n) is 3.21. The van der Waals surface area contributed by atoms with Crippen molar-refractivity contribution < 1.29 is 14.4 Å². The topological polar surface area (TPSA) is 68.4 Å². The van der Waals surface area contributed by atoms with Crippen LogP contribution in [-0.4, -0.2) is 22.4 Å². The molecule has 3 aromatic rings. The Labute approximate surface area is 148 Å². The summed E-state index contributed by atoms with van der Waals surface area (Å²) in [5.74, 6) is 0.964. The van der Waals surface area contributed by atoms with Crippen LogP contribution in [0, 0.1) is 0 Å². The molecule has 1 aromatic heterocycles. The molecule has 0 fully saturated rings. The van der Waals surface area contributed by atoms with Crippen molar-refractivity contribution >= 4 is 34.3 Å². The zero-order chi connectivity index (χ0) is 17.1. The van der Waals surface area contributed by atoms with Gasteiger partial charge < -0.3 is 14.4 Å². The standard InChI is InChI=1S/C17H12Cl2N2O3/c1-23-15-8-10(5-6-14(15)22)7-13(19)17-20-16(21-24-17)11-3-2-4-12(18)9-11/h2-9,22H,1H3/b13-7-. The smallest absolute Gasteiger partial charge is 0.269 e. The highest BCUT2D eigenvalue weighted by Crippen LogP contribution is 2.30. The fourth-order valence-electron chi connectivity index (χ4n) is 2.06. The lowest BCUT2D eigenvalue weighted by molar-refractivity contribution is 0.373. The number of rotatable bonds is 4. The molecule has 0 amide bonds. The van der Waals surface area contributed by atoms with E-state index < -0.39 is 0 Å². The molecule has 0 unspecified atom stereocenters. The summed E-state index contributed by atoms with van der Waals surface area (Å²) in [6.07, 6.45) is 1.64. The quantitative estimate of drug-likeness (QED) is 0.718. The van der Waals surface area contributed by atoms with Crippen LogP contribution < -0.4 is 4.74 Å². The lowest BCUT2D eigenvalue weighted by Gasteiger charge is -2.03. The number of benzene rings is 2. The molecule has 1 N–H and O–H groups in total. The zero-order valence-electron chi connectivity index (χ0n) is 12.5. The molecule has 0 aliphatic carbocycles. The molecule has 0 saturated carbocycles. The molecule has 2 aromatic carbocycles. The fourth-order valence-corrected chi connectivity index (χ4v) is 2.45. The van der Waals surface area contributed by atoms with Gasteiger partial charge in [0.25, 0.3) is 5.89 Å². The van der Waals surface area contributed by atoms with Crippen LogP contribution in [0.1, 0.15) is 11.5 Å². The second-order valence-corrected chi connectivity index (χ2v) is 5.70. The van der Waals surface area contributed by atoms with Crippen molar-refractivity contribution in [3.8, 4) is 22.9 Å². The first kappa shape index (κ1) is 16.4. The third kappa shape index (κ3) is 3.53. The van der Waals surface area contributed by atoms with Gasteiger partial charge in [-0.05, 0) is 35.9 Å². The number of methoxy groups -OCH3 is 1. The Kier molecular flexibility index (Phi) is 4.74. The first-order chi connectivity index (χ1) is 11.6. The number of halogens is 2. The minimum absolute atomic E-state index is 0.0480. The van der Waals surface area contributed by atoms with E-state index in [-0.39, 0.29) is 16.7 Å². The van der Waals surface area contributed by atoms with Crippen LogP contribution in [0.25, 0.3) is 22.5 Å². The van der Waals surface area contributed by atoms with E-state index in [1.165, 1.54) is 13.2 Å². The van der Waals surface area contributed by atoms with E-state index in [1.807, 2.05) is 6.07 Å². The van der Waals surface area contributed by atoms with Gasteiger partial charge in [-0.2, -0.15) is 4.98 Å². The van der Waals surface area contributed by atoms with Crippen LogP contribution >= 0.6 is 23.2 Å². The number of nitrogens with zero attached hydrogens (tertiary/aromatic N) is 2. The highest BCUT2D eigenvalue weighted by molar-refractivity contribution is 6.50. The normalized spacial score (nSPS) is 11.5. The summed E-state index contributed by atoms with van der Waals surface area (Å²) in [6.45, 7) is 0. The molecular formula is C17H12Cl2N2O3. The summed E-state index contributed by atoms with van der Waals surface area (Å²) >= 11 is 12.2. The van der Waals surface area contributed by atoms with Gasteiger partial charge >= 0.3 is 0 Å². The minimum atomic E-state index is 0.0480. The molecule has 0 aliphatic rings. The molecule has 0 atom stereocenters. The van der Waals surface area contributed by atoms with E-state index in [0.29, 0.717) is 16.6 Å². The minimum Gasteiger partial charge on any atom is -0.504 e. The van der Waals surface area contributed by atoms with Crippen molar-refractivity contribution in [1.82, 2.24) is 10.1 Å². The van der Waals surface area contributed by atoms with Crippen LogP contribution in [0.4, 0.5) is 0 Å². The van der Waals surface area contributed by atoms with Crippen LogP contribution in [0.2, 0.25) is 5.02 Å². The van der Waals surface area contributed by atoms with E-state index in [9.17, 15) is 5.11 Å². The van der Waals surface area contributed by atoms with Gasteiger partial charge in [-0.1, -0.05) is 46.6 Å². The summed E-state index contributed by atoms with van der Waals surface area (Å²) in [5, 5.41) is 14.4. The number of hydrogen-bond donors (Lipinski definition) is 1. The van der Waals surface area contributed by atoms with Crippen LogP contribution in [0.15, 0.2) is 47.0 Å². The Hall–Kier alpha value is -2.50. The number of phenolic OH excluding ortho intramolecular Hbond substituents is 1. The molecule has 0 spiro atoms. The van der Waals surface area contributed by atoms with Crippen molar-refractivity contribution in [2.24, 2.45) is 0 Å². The third-order valence-corrected chi connectivity index (χ3v) is 3.72. The number of ether oxygens (including phenoxy) is 1. The Morgan fingerprint density at radius 3 is 2.83 bits per heavy atom. The van der Waals surface area contributed by atoms with Crippen molar-refractivity contribution in [3.05, 3.63) is 58.9 Å². The van der Waals surface area contributed by atoms with Crippen LogP contribution in [0.3, 0.4) is 0 Å². The van der Waals surface area contributed by atoms with Crippen molar-refractivity contribution in [2.75, 3.05) is 7.11 Å². The average Bonchev–Trinajstić information content (AvgIpc) is 3.07. The van der Waals surface area contributed by atoms with Gasteiger partial charge in [0, 0.05) is 10.6 Å². The number of hydrogen-bond acceptors (Lipinski definition) is 5. The average molecular weight is 363 g/mol. The lowest BCUT2D eigenvalue weighted by Crippen LogP contribution is -1.85. The molecule has 0 radical (unpaired) electrons. The Balaban J connectivity index is 1.89. The van der Waals surface area contributed by atoms with Crippen LogP contribution in [-0.2, 0) is 0 Å². The summed E-state index contributed by atoms with van der Waals surface area (Å²) in [5.41, 5.74) is 1.45. The van der Waals surface area contributed by atoms with Gasteiger partial charge in [0.1, 0.15) is 5.03 Å². The van der Waals surface area contributed by atoms with Crippen LogP contribution in [0.5, 0.6) is 11.5 Å². The van der Waals surface area contributed by atoms with E-state index >= 15 is 0 Å². The lowest BCUT2D eigenvalue weighted by atomic mass is 10.2. The number of phenols is 1. The highest BCUT2D eigenvalue weighted by Gasteiger charge is 2.12. The van der Waals surface area contributed by atoms with Crippen molar-refractivity contribution in [3.63, 3.8) is 0 Å². The summed E-state index contributed by atoms with van der Waals surface area (Å²) in [4.78, 5) is 4.26. The molecule has 24 heavy (non-hydrogen) atoms. The highest BCUT2D eigenvalue weighted by atomic mass is 35.5. The maximum Gasteiger partial charge on any atom is 0.269 e. The first-order valence-corrected chi connectivity index (χ1v) is 7.66. The second kappa shape index (κ2) is 6.95. The van der Waals surface area contributed by atoms with E-state index in [2.05, 4.69) is 10.1 Å². The maximum atomic E-state index is 9.61. The number of aromatic nitrogens is 2. The number of aromatic hydroxyl groups is 1. The van der Waals surface area contributed by atoms with Crippen molar-refractivity contribution in [1.29, 1.82) is 0 Å². The maximum absolute atomic E-state index is 9.61. The summed E-state index contributed by atoms with van der Waals surface area (Å²) in [7, 11) is 1.47. The molecule has 7 heteroatoms. The van der Waals surface area contributed by atoms with E-state index in [1.54, 1.807) is 36.4 Å². The fraction of sp³-hybridized carbons (Fsp3) is 0.0588. The Bertz CT molecular complexity index is 906. The monoisotopic (exact) mass is 362 g/mol. The molecule has 1 heterocycles. The van der Waals surface area contributed by atoms with Gasteiger partial charge in [-0.3, -0.25) is 0 Å². The van der Waals surface area contributed by atoms with Gasteiger partial charge in [0.2, 0.25) is 5.82 Å². The molecule has 122 valence electrons. The van der Waals surface area contributed by atoms with Gasteiger partial charge in [-0.25, -0.2) is 0 Å². The molecule has 3 rings (SSSR count). The molecule has 0 saturated heterocycles. The molecular weight excluding hydrogens is 351 g/mol. The zero-order valence-corrected chi connectivity index (χ0v) is 14.0. The molecule has 0 aliphatic heterocycles. The van der Waals surface area contributed by atoms with E-state index in [0.717, 1.165) is 11.1 Å². The second-order valence-electron chi connectivity index (χ2n) is 4.86. The van der Waals surface area contributed by atoms with Crippen molar-refractivity contribution in [2.45, 2.75) is 0 Å². The predicted octanol–water partition coefficient (Wildman–Crippen LogP) is 4.84. The summed E-state index contributed by atoms with van der Waals surface area (Å²) in [6, 6.07) is 12.0. The van der Waals surface area contributed by atoms with E-state index in [4.69, 9.17) is 32.5 Å². The van der Waals surface area contributed by atoms with Gasteiger partial charge in [-0.15, -0.1) is 0 Å². The Morgan fingerprint density at radius 2 is 2.08 bits per heavy atom. The molecule has 5 nitrogen and oxygen atoms in total. The van der Waals surface area contributed by atoms with Gasteiger partial charge in [0.05, 0.1) is 7.11 Å². The molecule has 0 bridgehead atoms. The Morgan fingerprint density at radius 1 is 1.25 bits per heavy atom. The summed E-state index contributed by atoms with van der Waals surface area (Å²) < 4.78 is 10.2. The van der Waals surface area contributed by atoms with Gasteiger partial charge in [0.15, 0.2) is 11.5 Å². The predicted molar refractivity (Wildman–Crippen MR) is 93.1 cm³/mol. The largest absolute Gasteiger partial charge is 0.504 e.